The van der Waals surface area contributed by atoms with Gasteiger partial charge in [-0.1, -0.05) is 18.2 Å². The number of benzene rings is 1. The lowest BCUT2D eigenvalue weighted by Gasteiger charge is -2.13. The van der Waals surface area contributed by atoms with Gasteiger partial charge < -0.3 is 15.1 Å². The van der Waals surface area contributed by atoms with Gasteiger partial charge in [0.05, 0.1) is 6.26 Å². The zero-order valence-corrected chi connectivity index (χ0v) is 12.1. The van der Waals surface area contributed by atoms with Crippen LogP contribution in [-0.4, -0.2) is 17.9 Å². The summed E-state index contributed by atoms with van der Waals surface area (Å²) in [6.45, 7) is 3.69. The van der Waals surface area contributed by atoms with Crippen LogP contribution < -0.4 is 10.6 Å². The highest BCUT2D eigenvalue weighted by Gasteiger charge is 2.17. The molecule has 2 N–H and O–H groups in total. The van der Waals surface area contributed by atoms with Gasteiger partial charge in [-0.05, 0) is 37.6 Å². The van der Waals surface area contributed by atoms with E-state index in [4.69, 9.17) is 4.42 Å². The predicted molar refractivity (Wildman–Crippen MR) is 79.8 cm³/mol. The SMILES string of the molecule is Cc1ccccc1NC(=O)C(=O)NC(C)Cc1ccco1. The molecule has 2 rings (SSSR count). The minimum absolute atomic E-state index is 0.189. The third-order valence-corrected chi connectivity index (χ3v) is 3.06. The largest absolute Gasteiger partial charge is 0.469 e. The Bertz CT molecular complexity index is 620. The molecule has 2 aromatic rings. The van der Waals surface area contributed by atoms with Crippen LogP contribution in [0.4, 0.5) is 5.69 Å². The molecule has 1 aromatic heterocycles. The summed E-state index contributed by atoms with van der Waals surface area (Å²) in [5.41, 5.74) is 1.54. The summed E-state index contributed by atoms with van der Waals surface area (Å²) in [4.78, 5) is 23.7. The quantitative estimate of drug-likeness (QED) is 0.847. The molecule has 0 saturated heterocycles. The van der Waals surface area contributed by atoms with Crippen LogP contribution in [0.5, 0.6) is 0 Å². The average Bonchev–Trinajstić information content (AvgIpc) is 2.93. The maximum Gasteiger partial charge on any atom is 0.313 e. The molecule has 0 aliphatic carbocycles. The molecule has 1 aromatic carbocycles. The maximum atomic E-state index is 11.9. The molecule has 1 atom stereocenters. The van der Waals surface area contributed by atoms with Crippen LogP contribution in [0.25, 0.3) is 0 Å². The van der Waals surface area contributed by atoms with E-state index in [-0.39, 0.29) is 6.04 Å². The molecule has 0 fully saturated rings. The van der Waals surface area contributed by atoms with Crippen LogP contribution in [0.3, 0.4) is 0 Å². The van der Waals surface area contributed by atoms with Gasteiger partial charge >= 0.3 is 11.8 Å². The molecular formula is C16H18N2O3. The monoisotopic (exact) mass is 286 g/mol. The smallest absolute Gasteiger partial charge is 0.313 e. The van der Waals surface area contributed by atoms with E-state index >= 15 is 0 Å². The third kappa shape index (κ3) is 4.21. The lowest BCUT2D eigenvalue weighted by Crippen LogP contribution is -2.41. The molecule has 2 amide bonds. The number of para-hydroxylation sites is 1. The Kier molecular flexibility index (Phi) is 4.77. The lowest BCUT2D eigenvalue weighted by molar-refractivity contribution is -0.136. The second-order valence-corrected chi connectivity index (χ2v) is 4.93. The molecule has 1 unspecified atom stereocenters. The zero-order valence-electron chi connectivity index (χ0n) is 12.1. The topological polar surface area (TPSA) is 71.3 Å². The Labute approximate surface area is 123 Å². The summed E-state index contributed by atoms with van der Waals surface area (Å²) in [6, 6.07) is 10.7. The Morgan fingerprint density at radius 2 is 1.90 bits per heavy atom. The summed E-state index contributed by atoms with van der Waals surface area (Å²) in [5, 5.41) is 5.25. The first-order valence-electron chi connectivity index (χ1n) is 6.76. The van der Waals surface area contributed by atoms with Crippen LogP contribution in [0.15, 0.2) is 47.1 Å². The minimum atomic E-state index is -0.671. The van der Waals surface area contributed by atoms with Crippen molar-refractivity contribution < 1.29 is 14.0 Å². The standard InChI is InChI=1S/C16H18N2O3/c1-11-6-3-4-8-14(11)18-16(20)15(19)17-12(2)10-13-7-5-9-21-13/h3-9,12H,10H2,1-2H3,(H,17,19)(H,18,20). The number of nitrogens with one attached hydrogen (secondary N) is 2. The van der Waals surface area contributed by atoms with Gasteiger partial charge in [-0.2, -0.15) is 0 Å². The highest BCUT2D eigenvalue weighted by Crippen LogP contribution is 2.12. The number of anilines is 1. The molecule has 1 heterocycles. The van der Waals surface area contributed by atoms with Crippen molar-refractivity contribution >= 4 is 17.5 Å². The van der Waals surface area contributed by atoms with Gasteiger partial charge in [0.2, 0.25) is 0 Å². The molecule has 21 heavy (non-hydrogen) atoms. The molecule has 0 aliphatic rings. The summed E-state index contributed by atoms with van der Waals surface area (Å²) >= 11 is 0. The molecule has 110 valence electrons. The van der Waals surface area contributed by atoms with Crippen molar-refractivity contribution in [3.05, 3.63) is 54.0 Å². The maximum absolute atomic E-state index is 11.9. The van der Waals surface area contributed by atoms with E-state index < -0.39 is 11.8 Å². The predicted octanol–water partition coefficient (Wildman–Crippen LogP) is 2.27. The van der Waals surface area contributed by atoms with E-state index in [0.717, 1.165) is 11.3 Å². The molecule has 0 aliphatic heterocycles. The Morgan fingerprint density at radius 1 is 1.14 bits per heavy atom. The first-order valence-corrected chi connectivity index (χ1v) is 6.76. The van der Waals surface area contributed by atoms with E-state index in [1.807, 2.05) is 32.0 Å². The van der Waals surface area contributed by atoms with Crippen molar-refractivity contribution in [1.29, 1.82) is 0 Å². The minimum Gasteiger partial charge on any atom is -0.469 e. The molecule has 5 nitrogen and oxygen atoms in total. The van der Waals surface area contributed by atoms with Crippen LogP contribution in [0.1, 0.15) is 18.2 Å². The number of carbonyl (C=O) groups excluding carboxylic acids is 2. The van der Waals surface area contributed by atoms with Gasteiger partial charge in [0, 0.05) is 18.2 Å². The van der Waals surface area contributed by atoms with Crippen molar-refractivity contribution in [1.82, 2.24) is 5.32 Å². The second-order valence-electron chi connectivity index (χ2n) is 4.93. The van der Waals surface area contributed by atoms with E-state index in [1.54, 1.807) is 24.5 Å². The number of amides is 2. The second kappa shape index (κ2) is 6.74. The van der Waals surface area contributed by atoms with Crippen molar-refractivity contribution in [3.8, 4) is 0 Å². The van der Waals surface area contributed by atoms with E-state index in [2.05, 4.69) is 10.6 Å². The van der Waals surface area contributed by atoms with E-state index in [9.17, 15) is 9.59 Å². The lowest BCUT2D eigenvalue weighted by atomic mass is 10.2. The third-order valence-electron chi connectivity index (χ3n) is 3.06. The Hall–Kier alpha value is -2.56. The molecule has 0 radical (unpaired) electrons. The van der Waals surface area contributed by atoms with Gasteiger partial charge in [0.15, 0.2) is 0 Å². The Morgan fingerprint density at radius 3 is 2.57 bits per heavy atom. The molecule has 0 spiro atoms. The average molecular weight is 286 g/mol. The number of furan rings is 1. The fourth-order valence-electron chi connectivity index (χ4n) is 1.96. The Balaban J connectivity index is 1.88. The van der Waals surface area contributed by atoms with Crippen LogP contribution >= 0.6 is 0 Å². The number of hydrogen-bond acceptors (Lipinski definition) is 3. The summed E-state index contributed by atoms with van der Waals surface area (Å²) in [5.74, 6) is -0.560. The number of carbonyl (C=O) groups is 2. The summed E-state index contributed by atoms with van der Waals surface area (Å²) in [6.07, 6.45) is 2.12. The highest BCUT2D eigenvalue weighted by molar-refractivity contribution is 6.39. The first kappa shape index (κ1) is 14.8. The molecule has 0 saturated carbocycles. The van der Waals surface area contributed by atoms with Gasteiger partial charge in [-0.15, -0.1) is 0 Å². The van der Waals surface area contributed by atoms with Crippen molar-refractivity contribution in [2.24, 2.45) is 0 Å². The fourth-order valence-corrected chi connectivity index (χ4v) is 1.96. The fraction of sp³-hybridized carbons (Fsp3) is 0.250. The highest BCUT2D eigenvalue weighted by atomic mass is 16.3. The van der Waals surface area contributed by atoms with Crippen LogP contribution in [0.2, 0.25) is 0 Å². The van der Waals surface area contributed by atoms with Crippen molar-refractivity contribution in [2.45, 2.75) is 26.3 Å². The summed E-state index contributed by atoms with van der Waals surface area (Å²) in [7, 11) is 0. The van der Waals surface area contributed by atoms with Gasteiger partial charge in [-0.3, -0.25) is 9.59 Å². The van der Waals surface area contributed by atoms with Gasteiger partial charge in [0.25, 0.3) is 0 Å². The number of aryl methyl sites for hydroxylation is 1. The van der Waals surface area contributed by atoms with Crippen molar-refractivity contribution in [2.75, 3.05) is 5.32 Å². The van der Waals surface area contributed by atoms with Crippen LogP contribution in [0, 0.1) is 6.92 Å². The van der Waals surface area contributed by atoms with Gasteiger partial charge in [0.1, 0.15) is 5.76 Å². The molecule has 0 bridgehead atoms. The zero-order chi connectivity index (χ0) is 15.2. The number of hydrogen-bond donors (Lipinski definition) is 2. The van der Waals surface area contributed by atoms with Gasteiger partial charge in [-0.25, -0.2) is 0 Å². The van der Waals surface area contributed by atoms with Crippen molar-refractivity contribution in [3.63, 3.8) is 0 Å². The molecule has 5 heteroatoms. The van der Waals surface area contributed by atoms with E-state index in [1.165, 1.54) is 0 Å². The molecular weight excluding hydrogens is 268 g/mol. The first-order chi connectivity index (χ1) is 10.1. The normalized spacial score (nSPS) is 11.7. The van der Waals surface area contributed by atoms with E-state index in [0.29, 0.717) is 12.1 Å². The number of rotatable bonds is 4. The summed E-state index contributed by atoms with van der Waals surface area (Å²) < 4.78 is 5.21. The van der Waals surface area contributed by atoms with Crippen LogP contribution in [-0.2, 0) is 16.0 Å².